The maximum atomic E-state index is 13.1. The summed E-state index contributed by atoms with van der Waals surface area (Å²) in [4.78, 5) is 20.7. The fraction of sp³-hybridized carbons (Fsp3) is 0.391. The second-order valence-corrected chi connectivity index (χ2v) is 11.3. The van der Waals surface area contributed by atoms with Crippen LogP contribution in [-0.4, -0.2) is 47.4 Å². The number of carbonyl (C=O) groups is 1. The molecule has 7 nitrogen and oxygen atoms in total. The lowest BCUT2D eigenvalue weighted by molar-refractivity contribution is -0.113. The first kappa shape index (κ1) is 22.8. The lowest BCUT2D eigenvalue weighted by atomic mass is 10.2. The number of piperidine rings is 1. The van der Waals surface area contributed by atoms with Crippen LogP contribution in [0.15, 0.2) is 47.4 Å². The van der Waals surface area contributed by atoms with Crippen molar-refractivity contribution in [2.45, 2.75) is 43.3 Å². The molecule has 3 aromatic rings. The molecule has 0 aliphatic carbocycles. The number of nitrogens with zero attached hydrogens (tertiary/aromatic N) is 2. The summed E-state index contributed by atoms with van der Waals surface area (Å²) in [5.74, 6) is 0.887. The van der Waals surface area contributed by atoms with Crippen LogP contribution in [0.5, 0.6) is 0 Å². The molecule has 170 valence electrons. The molecule has 2 heterocycles. The molecule has 1 aliphatic rings. The topological polar surface area (TPSA) is 95.2 Å². The van der Waals surface area contributed by atoms with Crippen LogP contribution >= 0.6 is 11.8 Å². The number of sulfonamides is 1. The predicted molar refractivity (Wildman–Crippen MR) is 129 cm³/mol. The first-order chi connectivity index (χ1) is 15.3. The third kappa shape index (κ3) is 5.00. The van der Waals surface area contributed by atoms with E-state index in [0.29, 0.717) is 24.3 Å². The molecule has 0 spiro atoms. The Kier molecular flexibility index (Phi) is 6.88. The minimum Gasteiger partial charge on any atom is -0.341 e. The number of amides is 1. The number of thioether (sulfide) groups is 1. The van der Waals surface area contributed by atoms with Crippen molar-refractivity contribution in [1.29, 1.82) is 0 Å². The van der Waals surface area contributed by atoms with Gasteiger partial charge in [-0.1, -0.05) is 24.6 Å². The molecule has 9 heteroatoms. The number of imidazole rings is 1. The number of rotatable bonds is 7. The second kappa shape index (κ2) is 9.64. The lowest BCUT2D eigenvalue weighted by Gasteiger charge is -2.26. The average molecular weight is 473 g/mol. The van der Waals surface area contributed by atoms with Crippen LogP contribution < -0.4 is 5.32 Å². The Morgan fingerprint density at radius 1 is 1.19 bits per heavy atom. The summed E-state index contributed by atoms with van der Waals surface area (Å²) in [6.45, 7) is 4.89. The smallest absolute Gasteiger partial charge is 0.243 e. The first-order valence-electron chi connectivity index (χ1n) is 10.8. The Balaban J connectivity index is 1.40. The van der Waals surface area contributed by atoms with E-state index in [9.17, 15) is 13.2 Å². The van der Waals surface area contributed by atoms with Crippen LogP contribution in [-0.2, 0) is 14.8 Å². The van der Waals surface area contributed by atoms with E-state index >= 15 is 0 Å². The minimum absolute atomic E-state index is 0.0150. The zero-order chi connectivity index (χ0) is 22.7. The van der Waals surface area contributed by atoms with Crippen LogP contribution in [0.4, 0.5) is 5.69 Å². The monoisotopic (exact) mass is 472 g/mol. The van der Waals surface area contributed by atoms with Crippen LogP contribution in [0, 0.1) is 6.92 Å². The van der Waals surface area contributed by atoms with Gasteiger partial charge in [0, 0.05) is 18.8 Å². The number of H-pyrrole nitrogens is 1. The van der Waals surface area contributed by atoms with Crippen molar-refractivity contribution in [3.8, 4) is 0 Å². The number of aryl methyl sites for hydroxylation is 1. The Morgan fingerprint density at radius 3 is 2.69 bits per heavy atom. The van der Waals surface area contributed by atoms with E-state index in [1.807, 2.05) is 31.2 Å². The highest BCUT2D eigenvalue weighted by atomic mass is 32.2. The number of para-hydroxylation sites is 2. The summed E-state index contributed by atoms with van der Waals surface area (Å²) in [7, 11) is -3.56. The second-order valence-electron chi connectivity index (χ2n) is 8.09. The molecule has 32 heavy (non-hydrogen) atoms. The normalized spacial score (nSPS) is 16.2. The molecule has 1 fully saturated rings. The van der Waals surface area contributed by atoms with Gasteiger partial charge in [0.05, 0.1) is 26.9 Å². The van der Waals surface area contributed by atoms with Gasteiger partial charge in [0.15, 0.2) is 0 Å². The highest BCUT2D eigenvalue weighted by molar-refractivity contribution is 8.00. The third-order valence-corrected chi connectivity index (χ3v) is 8.85. The van der Waals surface area contributed by atoms with Crippen LogP contribution in [0.1, 0.15) is 42.8 Å². The van der Waals surface area contributed by atoms with E-state index in [-0.39, 0.29) is 21.8 Å². The largest absolute Gasteiger partial charge is 0.341 e. The Hall–Kier alpha value is -2.36. The number of hydrogen-bond donors (Lipinski definition) is 2. The molecular formula is C23H28N4O3S2. The van der Waals surface area contributed by atoms with E-state index in [1.165, 1.54) is 11.8 Å². The number of benzene rings is 2. The van der Waals surface area contributed by atoms with Crippen molar-refractivity contribution < 1.29 is 13.2 Å². The van der Waals surface area contributed by atoms with Gasteiger partial charge in [-0.05, 0) is 56.5 Å². The number of hydrogen-bond acceptors (Lipinski definition) is 5. The zero-order valence-electron chi connectivity index (χ0n) is 18.3. The molecular weight excluding hydrogens is 444 g/mol. The van der Waals surface area contributed by atoms with Crippen molar-refractivity contribution in [3.63, 3.8) is 0 Å². The molecule has 1 aliphatic heterocycles. The van der Waals surface area contributed by atoms with Crippen molar-refractivity contribution in [2.24, 2.45) is 0 Å². The van der Waals surface area contributed by atoms with E-state index < -0.39 is 10.0 Å². The summed E-state index contributed by atoms with van der Waals surface area (Å²) in [6, 6.07) is 12.9. The molecule has 2 aromatic carbocycles. The molecule has 1 aromatic heterocycles. The molecule has 1 saturated heterocycles. The van der Waals surface area contributed by atoms with Gasteiger partial charge in [0.25, 0.3) is 0 Å². The van der Waals surface area contributed by atoms with Crippen molar-refractivity contribution in [3.05, 3.63) is 53.9 Å². The Labute approximate surface area is 193 Å². The number of aromatic amines is 1. The minimum atomic E-state index is -3.56. The molecule has 0 bridgehead atoms. The highest BCUT2D eigenvalue weighted by Crippen LogP contribution is 2.29. The van der Waals surface area contributed by atoms with Gasteiger partial charge in [0.1, 0.15) is 5.82 Å². The number of aromatic nitrogens is 2. The van der Waals surface area contributed by atoms with E-state index in [2.05, 4.69) is 15.3 Å². The third-order valence-electron chi connectivity index (χ3n) is 5.66. The Morgan fingerprint density at radius 2 is 1.94 bits per heavy atom. The summed E-state index contributed by atoms with van der Waals surface area (Å²) in [5, 5.41) is 2.86. The predicted octanol–water partition coefficient (Wildman–Crippen LogP) is 4.48. The van der Waals surface area contributed by atoms with Crippen molar-refractivity contribution in [2.75, 3.05) is 24.2 Å². The van der Waals surface area contributed by atoms with Crippen LogP contribution in [0.3, 0.4) is 0 Å². The van der Waals surface area contributed by atoms with Gasteiger partial charge in [-0.2, -0.15) is 4.31 Å². The molecule has 1 atom stereocenters. The SMILES string of the molecule is Cc1ccc(NC(=O)CSC(C)c2nc3ccccc3[nH]2)cc1S(=O)(=O)N1CCCCC1. The summed E-state index contributed by atoms with van der Waals surface area (Å²) in [6.07, 6.45) is 2.83. The highest BCUT2D eigenvalue weighted by Gasteiger charge is 2.27. The number of nitrogens with one attached hydrogen (secondary N) is 2. The van der Waals surface area contributed by atoms with Gasteiger partial charge in [-0.25, -0.2) is 13.4 Å². The maximum Gasteiger partial charge on any atom is 0.243 e. The molecule has 4 rings (SSSR count). The van der Waals surface area contributed by atoms with Gasteiger partial charge in [-0.15, -0.1) is 11.8 Å². The van der Waals surface area contributed by atoms with Gasteiger partial charge >= 0.3 is 0 Å². The van der Waals surface area contributed by atoms with E-state index in [4.69, 9.17) is 0 Å². The van der Waals surface area contributed by atoms with Gasteiger partial charge in [0.2, 0.25) is 15.9 Å². The molecule has 1 unspecified atom stereocenters. The number of fused-ring (bicyclic) bond motifs is 1. The molecule has 1 amide bonds. The van der Waals surface area contributed by atoms with Crippen molar-refractivity contribution in [1.82, 2.24) is 14.3 Å². The number of carbonyl (C=O) groups excluding carboxylic acids is 1. The van der Waals surface area contributed by atoms with Crippen LogP contribution in [0.25, 0.3) is 11.0 Å². The fourth-order valence-corrected chi connectivity index (χ4v) is 6.35. The quantitative estimate of drug-likeness (QED) is 0.529. The van der Waals surface area contributed by atoms with Crippen LogP contribution in [0.2, 0.25) is 0 Å². The molecule has 0 radical (unpaired) electrons. The van der Waals surface area contributed by atoms with Gasteiger partial charge < -0.3 is 10.3 Å². The standard InChI is InChI=1S/C23H28N4O3S2/c1-16-10-11-18(14-21(16)32(29,30)27-12-6-3-7-13-27)24-22(28)15-31-17(2)23-25-19-8-4-5-9-20(19)26-23/h4-5,8-11,14,17H,3,6-7,12-13,15H2,1-2H3,(H,24,28)(H,25,26). The maximum absolute atomic E-state index is 13.1. The summed E-state index contributed by atoms with van der Waals surface area (Å²) >= 11 is 1.48. The van der Waals surface area contributed by atoms with Gasteiger partial charge in [-0.3, -0.25) is 4.79 Å². The van der Waals surface area contributed by atoms with E-state index in [1.54, 1.807) is 29.4 Å². The molecule has 2 N–H and O–H groups in total. The fourth-order valence-electron chi connectivity index (χ4n) is 3.84. The Bertz CT molecular complexity index is 1180. The van der Waals surface area contributed by atoms with Crippen molar-refractivity contribution >= 4 is 44.4 Å². The average Bonchev–Trinajstić information content (AvgIpc) is 3.24. The summed E-state index contributed by atoms with van der Waals surface area (Å²) < 4.78 is 27.7. The zero-order valence-corrected chi connectivity index (χ0v) is 19.9. The van der Waals surface area contributed by atoms with E-state index in [0.717, 1.165) is 36.1 Å². The number of anilines is 1. The lowest BCUT2D eigenvalue weighted by Crippen LogP contribution is -2.36. The molecule has 0 saturated carbocycles. The first-order valence-corrected chi connectivity index (χ1v) is 13.3. The summed E-state index contributed by atoms with van der Waals surface area (Å²) in [5.41, 5.74) is 3.05.